The fourth-order valence-corrected chi connectivity index (χ4v) is 1.98. The standard InChI is InChI=1S/C15H13N3O3/c1-20-13(19)10-18-9-5-8-12(18)15-16-14(17-21-15)11-6-3-2-4-7-11/h2-9H,10H2,1H3. The minimum atomic E-state index is -0.338. The van der Waals surface area contributed by atoms with Gasteiger partial charge >= 0.3 is 5.97 Å². The van der Waals surface area contributed by atoms with Crippen molar-refractivity contribution in [1.82, 2.24) is 14.7 Å². The molecule has 106 valence electrons. The second-order valence-electron chi connectivity index (χ2n) is 4.39. The first kappa shape index (κ1) is 13.1. The van der Waals surface area contributed by atoms with Crippen molar-refractivity contribution < 1.29 is 14.1 Å². The first-order valence-corrected chi connectivity index (χ1v) is 6.39. The third-order valence-electron chi connectivity index (χ3n) is 3.03. The van der Waals surface area contributed by atoms with Crippen LogP contribution >= 0.6 is 0 Å². The number of hydrogen-bond donors (Lipinski definition) is 0. The van der Waals surface area contributed by atoms with E-state index in [1.807, 2.05) is 42.5 Å². The number of esters is 1. The molecule has 1 aromatic carbocycles. The molecule has 3 aromatic rings. The Hall–Kier alpha value is -2.89. The number of benzene rings is 1. The maximum atomic E-state index is 11.4. The Kier molecular flexibility index (Phi) is 3.51. The van der Waals surface area contributed by atoms with Crippen molar-refractivity contribution >= 4 is 5.97 Å². The van der Waals surface area contributed by atoms with Gasteiger partial charge in [-0.25, -0.2) is 0 Å². The Morgan fingerprint density at radius 1 is 1.24 bits per heavy atom. The van der Waals surface area contributed by atoms with Crippen LogP contribution < -0.4 is 0 Å². The van der Waals surface area contributed by atoms with Crippen molar-refractivity contribution in [2.45, 2.75) is 6.54 Å². The molecule has 0 aliphatic rings. The molecule has 0 saturated heterocycles. The highest BCUT2D eigenvalue weighted by Gasteiger charge is 2.15. The average Bonchev–Trinajstić information content (AvgIpc) is 3.16. The van der Waals surface area contributed by atoms with E-state index < -0.39 is 0 Å². The SMILES string of the molecule is COC(=O)Cn1cccc1-c1nc(-c2ccccc2)no1. The van der Waals surface area contributed by atoms with Crippen LogP contribution in [0.15, 0.2) is 53.2 Å². The molecule has 0 bridgehead atoms. The Balaban J connectivity index is 1.91. The molecule has 6 heteroatoms. The van der Waals surface area contributed by atoms with Gasteiger partial charge in [0.1, 0.15) is 12.2 Å². The van der Waals surface area contributed by atoms with E-state index in [-0.39, 0.29) is 12.5 Å². The maximum Gasteiger partial charge on any atom is 0.325 e. The summed E-state index contributed by atoms with van der Waals surface area (Å²) in [5.41, 5.74) is 1.55. The number of carbonyl (C=O) groups excluding carboxylic acids is 1. The lowest BCUT2D eigenvalue weighted by atomic mass is 10.2. The van der Waals surface area contributed by atoms with Crippen LogP contribution in [0, 0.1) is 0 Å². The average molecular weight is 283 g/mol. The van der Waals surface area contributed by atoms with Crippen LogP contribution in [-0.4, -0.2) is 27.8 Å². The van der Waals surface area contributed by atoms with Gasteiger partial charge in [-0.1, -0.05) is 35.5 Å². The summed E-state index contributed by atoms with van der Waals surface area (Å²) in [5.74, 6) is 0.537. The fraction of sp³-hybridized carbons (Fsp3) is 0.133. The van der Waals surface area contributed by atoms with Gasteiger partial charge in [0, 0.05) is 11.8 Å². The van der Waals surface area contributed by atoms with Crippen LogP contribution in [0.5, 0.6) is 0 Å². The molecule has 0 aliphatic carbocycles. The molecule has 21 heavy (non-hydrogen) atoms. The molecule has 0 atom stereocenters. The van der Waals surface area contributed by atoms with E-state index in [4.69, 9.17) is 4.52 Å². The first-order chi connectivity index (χ1) is 10.3. The van der Waals surface area contributed by atoms with E-state index >= 15 is 0 Å². The van der Waals surface area contributed by atoms with E-state index in [1.165, 1.54) is 7.11 Å². The molecular formula is C15H13N3O3. The Bertz CT molecular complexity index is 746. The normalized spacial score (nSPS) is 10.5. The van der Waals surface area contributed by atoms with Gasteiger partial charge in [-0.2, -0.15) is 4.98 Å². The third-order valence-corrected chi connectivity index (χ3v) is 3.03. The van der Waals surface area contributed by atoms with Crippen molar-refractivity contribution in [1.29, 1.82) is 0 Å². The van der Waals surface area contributed by atoms with Gasteiger partial charge < -0.3 is 13.8 Å². The zero-order valence-corrected chi connectivity index (χ0v) is 11.4. The summed E-state index contributed by atoms with van der Waals surface area (Å²) in [6.07, 6.45) is 1.76. The Morgan fingerprint density at radius 2 is 2.05 bits per heavy atom. The molecule has 0 radical (unpaired) electrons. The van der Waals surface area contributed by atoms with Gasteiger partial charge in [0.2, 0.25) is 5.82 Å². The third kappa shape index (κ3) is 2.69. The van der Waals surface area contributed by atoms with Crippen LogP contribution in [-0.2, 0) is 16.1 Å². The zero-order chi connectivity index (χ0) is 14.7. The van der Waals surface area contributed by atoms with Crippen LogP contribution in [0.25, 0.3) is 23.0 Å². The van der Waals surface area contributed by atoms with Gasteiger partial charge in [0.15, 0.2) is 0 Å². The summed E-state index contributed by atoms with van der Waals surface area (Å²) >= 11 is 0. The molecule has 0 fully saturated rings. The van der Waals surface area contributed by atoms with Gasteiger partial charge in [-0.3, -0.25) is 4.79 Å². The first-order valence-electron chi connectivity index (χ1n) is 6.39. The Labute approximate surface area is 121 Å². The molecule has 0 saturated carbocycles. The summed E-state index contributed by atoms with van der Waals surface area (Å²) in [6.45, 7) is 0.0991. The number of rotatable bonds is 4. The smallest absolute Gasteiger partial charge is 0.325 e. The molecule has 2 aromatic heterocycles. The van der Waals surface area contributed by atoms with Gasteiger partial charge in [-0.15, -0.1) is 0 Å². The van der Waals surface area contributed by atoms with Crippen LogP contribution in [0.2, 0.25) is 0 Å². The summed E-state index contributed by atoms with van der Waals surface area (Å²) in [4.78, 5) is 15.7. The lowest BCUT2D eigenvalue weighted by Crippen LogP contribution is -2.11. The second kappa shape index (κ2) is 5.62. The topological polar surface area (TPSA) is 70.2 Å². The van der Waals surface area contributed by atoms with Gasteiger partial charge in [0.05, 0.1) is 7.11 Å². The molecule has 0 spiro atoms. The van der Waals surface area contributed by atoms with Crippen LogP contribution in [0.1, 0.15) is 0 Å². The molecule has 0 unspecified atom stereocenters. The summed E-state index contributed by atoms with van der Waals surface area (Å²) in [7, 11) is 1.35. The highest BCUT2D eigenvalue weighted by Crippen LogP contribution is 2.22. The molecule has 0 N–H and O–H groups in total. The summed E-state index contributed by atoms with van der Waals surface area (Å²) in [5, 5.41) is 3.97. The highest BCUT2D eigenvalue weighted by atomic mass is 16.5. The minimum absolute atomic E-state index is 0.0991. The van der Waals surface area contributed by atoms with Crippen molar-refractivity contribution in [3.63, 3.8) is 0 Å². The quantitative estimate of drug-likeness (QED) is 0.687. The number of carbonyl (C=O) groups is 1. The van der Waals surface area contributed by atoms with E-state index in [2.05, 4.69) is 14.9 Å². The number of ether oxygens (including phenoxy) is 1. The van der Waals surface area contributed by atoms with Crippen molar-refractivity contribution in [3.05, 3.63) is 48.7 Å². The molecule has 0 amide bonds. The number of hydrogen-bond acceptors (Lipinski definition) is 5. The van der Waals surface area contributed by atoms with Gasteiger partial charge in [0.25, 0.3) is 5.89 Å². The van der Waals surface area contributed by atoms with Crippen molar-refractivity contribution in [2.24, 2.45) is 0 Å². The predicted octanol–water partition coefficient (Wildman–Crippen LogP) is 2.38. The van der Waals surface area contributed by atoms with E-state index in [0.29, 0.717) is 17.4 Å². The van der Waals surface area contributed by atoms with Crippen LogP contribution in [0.3, 0.4) is 0 Å². The lowest BCUT2D eigenvalue weighted by molar-refractivity contribution is -0.141. The number of aromatic nitrogens is 3. The molecule has 2 heterocycles. The lowest BCUT2D eigenvalue weighted by Gasteiger charge is -2.03. The summed E-state index contributed by atoms with van der Waals surface area (Å²) in [6, 6.07) is 13.2. The highest BCUT2D eigenvalue weighted by molar-refractivity contribution is 5.70. The predicted molar refractivity (Wildman–Crippen MR) is 75.2 cm³/mol. The number of nitrogens with zero attached hydrogens (tertiary/aromatic N) is 3. The molecular weight excluding hydrogens is 270 g/mol. The summed E-state index contributed by atoms with van der Waals surface area (Å²) < 4.78 is 11.7. The van der Waals surface area contributed by atoms with Crippen molar-refractivity contribution in [2.75, 3.05) is 7.11 Å². The second-order valence-corrected chi connectivity index (χ2v) is 4.39. The largest absolute Gasteiger partial charge is 0.468 e. The maximum absolute atomic E-state index is 11.4. The molecule has 0 aliphatic heterocycles. The fourth-order valence-electron chi connectivity index (χ4n) is 1.98. The van der Waals surface area contributed by atoms with Gasteiger partial charge in [-0.05, 0) is 12.1 Å². The Morgan fingerprint density at radius 3 is 2.81 bits per heavy atom. The molecule has 6 nitrogen and oxygen atoms in total. The zero-order valence-electron chi connectivity index (χ0n) is 11.4. The van der Waals surface area contributed by atoms with E-state index in [1.54, 1.807) is 10.8 Å². The minimum Gasteiger partial charge on any atom is -0.468 e. The molecule has 3 rings (SSSR count). The van der Waals surface area contributed by atoms with Crippen LogP contribution in [0.4, 0.5) is 0 Å². The monoisotopic (exact) mass is 283 g/mol. The van der Waals surface area contributed by atoms with Crippen molar-refractivity contribution in [3.8, 4) is 23.0 Å². The number of methoxy groups -OCH3 is 1. The van der Waals surface area contributed by atoms with E-state index in [0.717, 1.165) is 5.56 Å². The van der Waals surface area contributed by atoms with E-state index in [9.17, 15) is 4.79 Å².